The van der Waals surface area contributed by atoms with Crippen LogP contribution in [0.4, 0.5) is 0 Å². The van der Waals surface area contributed by atoms with E-state index in [2.05, 4.69) is 16.1 Å². The first-order valence-electron chi connectivity index (χ1n) is 4.81. The Bertz CT molecular complexity index is 433. The van der Waals surface area contributed by atoms with Crippen LogP contribution >= 0.6 is 0 Å². The van der Waals surface area contributed by atoms with Gasteiger partial charge in [-0.1, -0.05) is 0 Å². The number of hydrogen-bond acceptors (Lipinski definition) is 3. The third-order valence-electron chi connectivity index (χ3n) is 2.23. The van der Waals surface area contributed by atoms with E-state index in [-0.39, 0.29) is 0 Å². The highest BCUT2D eigenvalue weighted by atomic mass is 15.2. The van der Waals surface area contributed by atoms with Crippen molar-refractivity contribution in [2.45, 2.75) is 19.8 Å². The average molecular weight is 190 g/mol. The van der Waals surface area contributed by atoms with Gasteiger partial charge < -0.3 is 5.73 Å². The number of nitrogens with zero attached hydrogens (tertiary/aromatic N) is 3. The molecule has 0 atom stereocenters. The maximum atomic E-state index is 5.48. The quantitative estimate of drug-likeness (QED) is 0.783. The molecule has 0 amide bonds. The molecule has 0 unspecified atom stereocenters. The number of aryl methyl sites for hydroxylation is 2. The van der Waals surface area contributed by atoms with Crippen LogP contribution in [-0.4, -0.2) is 21.1 Å². The van der Waals surface area contributed by atoms with Crippen LogP contribution in [0.1, 0.15) is 17.9 Å². The topological polar surface area (TPSA) is 56.2 Å². The Kier molecular flexibility index (Phi) is 2.45. The summed E-state index contributed by atoms with van der Waals surface area (Å²) in [7, 11) is 0. The Morgan fingerprint density at radius 3 is 3.07 bits per heavy atom. The summed E-state index contributed by atoms with van der Waals surface area (Å²) >= 11 is 0. The van der Waals surface area contributed by atoms with Crippen LogP contribution in [0, 0.1) is 6.92 Å². The molecule has 74 valence electrons. The van der Waals surface area contributed by atoms with Gasteiger partial charge in [0, 0.05) is 5.69 Å². The van der Waals surface area contributed by atoms with E-state index in [4.69, 9.17) is 5.73 Å². The molecule has 0 bridgehead atoms. The highest BCUT2D eigenvalue weighted by molar-refractivity contribution is 5.46. The second-order valence-electron chi connectivity index (χ2n) is 3.36. The summed E-state index contributed by atoms with van der Waals surface area (Å²) in [6, 6.07) is 4.12. The molecule has 0 aliphatic carbocycles. The van der Waals surface area contributed by atoms with Crippen molar-refractivity contribution >= 4 is 5.52 Å². The van der Waals surface area contributed by atoms with Gasteiger partial charge in [-0.25, -0.2) is 9.50 Å². The van der Waals surface area contributed by atoms with E-state index in [9.17, 15) is 0 Å². The van der Waals surface area contributed by atoms with Crippen molar-refractivity contribution in [2.24, 2.45) is 5.73 Å². The van der Waals surface area contributed by atoms with Gasteiger partial charge in [-0.2, -0.15) is 5.10 Å². The normalized spacial score (nSPS) is 11.0. The molecular weight excluding hydrogens is 176 g/mol. The number of nitrogens with two attached hydrogens (primary N) is 1. The van der Waals surface area contributed by atoms with Gasteiger partial charge in [0.1, 0.15) is 5.82 Å². The summed E-state index contributed by atoms with van der Waals surface area (Å²) in [5, 5.41) is 4.35. The second kappa shape index (κ2) is 3.75. The number of rotatable bonds is 3. The molecule has 4 heteroatoms. The first-order valence-corrected chi connectivity index (χ1v) is 4.81. The van der Waals surface area contributed by atoms with Gasteiger partial charge in [0.15, 0.2) is 0 Å². The van der Waals surface area contributed by atoms with Crippen LogP contribution in [0.3, 0.4) is 0 Å². The first kappa shape index (κ1) is 9.15. The molecule has 14 heavy (non-hydrogen) atoms. The van der Waals surface area contributed by atoms with Gasteiger partial charge in [0.25, 0.3) is 0 Å². The minimum absolute atomic E-state index is 0.720. The fourth-order valence-electron chi connectivity index (χ4n) is 1.51. The lowest BCUT2D eigenvalue weighted by Gasteiger charge is -2.01. The molecule has 0 saturated carbocycles. The van der Waals surface area contributed by atoms with Crippen molar-refractivity contribution in [1.29, 1.82) is 0 Å². The summed E-state index contributed by atoms with van der Waals surface area (Å²) in [5.41, 5.74) is 7.73. The second-order valence-corrected chi connectivity index (χ2v) is 3.36. The Balaban J connectivity index is 2.40. The van der Waals surface area contributed by atoms with Gasteiger partial charge in [-0.3, -0.25) is 0 Å². The monoisotopic (exact) mass is 190 g/mol. The Morgan fingerprint density at radius 1 is 1.43 bits per heavy atom. The standard InChI is InChI=1S/C10H14N4/c1-8-12-7-10-5-4-9(3-2-6-11)14(10)13-8/h4-5,7H,2-3,6,11H2,1H3. The van der Waals surface area contributed by atoms with Gasteiger partial charge in [0.05, 0.1) is 11.7 Å². The SMILES string of the molecule is Cc1ncc2ccc(CCCN)n2n1. The van der Waals surface area contributed by atoms with Gasteiger partial charge in [-0.05, 0) is 38.4 Å². The third-order valence-corrected chi connectivity index (χ3v) is 2.23. The summed E-state index contributed by atoms with van der Waals surface area (Å²) in [4.78, 5) is 4.14. The van der Waals surface area contributed by atoms with Crippen LogP contribution < -0.4 is 5.73 Å². The van der Waals surface area contributed by atoms with Gasteiger partial charge in [-0.15, -0.1) is 0 Å². The summed E-state index contributed by atoms with van der Waals surface area (Å²) in [6.07, 6.45) is 3.81. The molecule has 2 heterocycles. The largest absolute Gasteiger partial charge is 0.330 e. The van der Waals surface area contributed by atoms with Crippen LogP contribution in [0.15, 0.2) is 18.3 Å². The summed E-state index contributed by atoms with van der Waals surface area (Å²) in [6.45, 7) is 2.61. The van der Waals surface area contributed by atoms with Crippen molar-refractivity contribution in [2.75, 3.05) is 6.54 Å². The molecule has 2 aromatic rings. The van der Waals surface area contributed by atoms with Crippen molar-refractivity contribution in [1.82, 2.24) is 14.6 Å². The van der Waals surface area contributed by atoms with Crippen LogP contribution in [0.2, 0.25) is 0 Å². The fraction of sp³-hybridized carbons (Fsp3) is 0.400. The zero-order valence-corrected chi connectivity index (χ0v) is 8.27. The van der Waals surface area contributed by atoms with E-state index >= 15 is 0 Å². The number of hydrogen-bond donors (Lipinski definition) is 1. The van der Waals surface area contributed by atoms with Crippen LogP contribution in [0.25, 0.3) is 5.52 Å². The zero-order valence-electron chi connectivity index (χ0n) is 8.27. The molecule has 0 saturated heterocycles. The van der Waals surface area contributed by atoms with E-state index in [1.165, 1.54) is 5.69 Å². The van der Waals surface area contributed by atoms with E-state index in [0.717, 1.165) is 30.7 Å². The molecule has 0 spiro atoms. The van der Waals surface area contributed by atoms with Gasteiger partial charge >= 0.3 is 0 Å². The minimum Gasteiger partial charge on any atom is -0.330 e. The van der Waals surface area contributed by atoms with E-state index in [1.54, 1.807) is 0 Å². The summed E-state index contributed by atoms with van der Waals surface area (Å²) < 4.78 is 1.94. The fourth-order valence-corrected chi connectivity index (χ4v) is 1.51. The van der Waals surface area contributed by atoms with Crippen LogP contribution in [-0.2, 0) is 6.42 Å². The lowest BCUT2D eigenvalue weighted by Crippen LogP contribution is -2.04. The highest BCUT2D eigenvalue weighted by Crippen LogP contribution is 2.09. The van der Waals surface area contributed by atoms with Crippen molar-refractivity contribution in [3.05, 3.63) is 29.8 Å². The van der Waals surface area contributed by atoms with Crippen molar-refractivity contribution < 1.29 is 0 Å². The Labute approximate surface area is 82.8 Å². The van der Waals surface area contributed by atoms with E-state index in [0.29, 0.717) is 0 Å². The zero-order chi connectivity index (χ0) is 9.97. The third kappa shape index (κ3) is 1.61. The van der Waals surface area contributed by atoms with Crippen LogP contribution in [0.5, 0.6) is 0 Å². The van der Waals surface area contributed by atoms with E-state index in [1.807, 2.05) is 23.7 Å². The molecule has 2 aromatic heterocycles. The molecular formula is C10H14N4. The highest BCUT2D eigenvalue weighted by Gasteiger charge is 2.02. The molecule has 2 rings (SSSR count). The van der Waals surface area contributed by atoms with Crippen molar-refractivity contribution in [3.8, 4) is 0 Å². The maximum absolute atomic E-state index is 5.48. The molecule has 0 radical (unpaired) electrons. The number of fused-ring (bicyclic) bond motifs is 1. The molecule has 0 aliphatic rings. The minimum atomic E-state index is 0.720. The molecule has 0 fully saturated rings. The number of aromatic nitrogens is 3. The Hall–Kier alpha value is -1.42. The molecule has 4 nitrogen and oxygen atoms in total. The smallest absolute Gasteiger partial charge is 0.146 e. The maximum Gasteiger partial charge on any atom is 0.146 e. The molecule has 0 aromatic carbocycles. The Morgan fingerprint density at radius 2 is 2.29 bits per heavy atom. The van der Waals surface area contributed by atoms with E-state index < -0.39 is 0 Å². The summed E-state index contributed by atoms with van der Waals surface area (Å²) in [5.74, 6) is 0.794. The van der Waals surface area contributed by atoms with Gasteiger partial charge in [0.2, 0.25) is 0 Å². The molecule has 0 aliphatic heterocycles. The average Bonchev–Trinajstić information content (AvgIpc) is 2.57. The predicted molar refractivity (Wildman–Crippen MR) is 55.1 cm³/mol. The molecule has 2 N–H and O–H groups in total. The lowest BCUT2D eigenvalue weighted by atomic mass is 10.2. The first-order chi connectivity index (χ1) is 6.81. The van der Waals surface area contributed by atoms with Crippen molar-refractivity contribution in [3.63, 3.8) is 0 Å². The lowest BCUT2D eigenvalue weighted by molar-refractivity contribution is 0.750. The predicted octanol–water partition coefficient (Wildman–Crippen LogP) is 0.929.